The zero-order valence-corrected chi connectivity index (χ0v) is 12.6. The molecule has 0 saturated carbocycles. The first-order valence-corrected chi connectivity index (χ1v) is 7.36. The smallest absolute Gasteiger partial charge is 0.253 e. The van der Waals surface area contributed by atoms with Gasteiger partial charge in [0.1, 0.15) is 5.82 Å². The number of terminal acetylenes is 1. The van der Waals surface area contributed by atoms with Crippen LogP contribution in [0.2, 0.25) is 0 Å². The van der Waals surface area contributed by atoms with Gasteiger partial charge in [-0.25, -0.2) is 9.97 Å². The Morgan fingerprint density at radius 3 is 2.95 bits per heavy atom. The zero-order valence-electron chi connectivity index (χ0n) is 11.7. The summed E-state index contributed by atoms with van der Waals surface area (Å²) in [5, 5.41) is 5.68. The van der Waals surface area contributed by atoms with Gasteiger partial charge in [0.2, 0.25) is 0 Å². The second-order valence-corrected chi connectivity index (χ2v) is 5.37. The van der Waals surface area contributed by atoms with Crippen molar-refractivity contribution in [1.29, 1.82) is 0 Å². The molecule has 0 aromatic carbocycles. The summed E-state index contributed by atoms with van der Waals surface area (Å²) in [5.41, 5.74) is 0.502. The lowest BCUT2D eigenvalue weighted by Gasteiger charge is -2.17. The molecule has 0 spiro atoms. The van der Waals surface area contributed by atoms with Crippen LogP contribution in [0.1, 0.15) is 15.4 Å². The number of thiazole rings is 1. The maximum Gasteiger partial charge on any atom is 0.253 e. The highest BCUT2D eigenvalue weighted by molar-refractivity contribution is 7.09. The predicted octanol–water partition coefficient (Wildman–Crippen LogP) is 1.58. The number of hydrogen-bond donors (Lipinski definition) is 1. The van der Waals surface area contributed by atoms with Gasteiger partial charge >= 0.3 is 0 Å². The normalized spacial score (nSPS) is 9.90. The number of nitrogens with zero attached hydrogens (tertiary/aromatic N) is 3. The van der Waals surface area contributed by atoms with Crippen molar-refractivity contribution in [3.8, 4) is 12.3 Å². The number of anilines is 1. The lowest BCUT2D eigenvalue weighted by molar-refractivity contribution is 0.0958. The highest BCUT2D eigenvalue weighted by Gasteiger charge is 2.07. The summed E-state index contributed by atoms with van der Waals surface area (Å²) in [6, 6.07) is 3.57. The molecule has 5 nitrogen and oxygen atoms in total. The van der Waals surface area contributed by atoms with E-state index in [0.717, 1.165) is 23.8 Å². The molecule has 0 bridgehead atoms. The zero-order chi connectivity index (χ0) is 15.1. The summed E-state index contributed by atoms with van der Waals surface area (Å²) < 4.78 is 0. The van der Waals surface area contributed by atoms with Crippen molar-refractivity contribution in [3.05, 3.63) is 40.5 Å². The Hall–Kier alpha value is -2.39. The number of hydrogen-bond acceptors (Lipinski definition) is 5. The van der Waals surface area contributed by atoms with E-state index in [-0.39, 0.29) is 12.5 Å². The summed E-state index contributed by atoms with van der Waals surface area (Å²) in [4.78, 5) is 22.3. The van der Waals surface area contributed by atoms with Gasteiger partial charge < -0.3 is 10.2 Å². The molecule has 1 amide bonds. The molecule has 0 radical (unpaired) electrons. The van der Waals surface area contributed by atoms with Crippen molar-refractivity contribution in [3.63, 3.8) is 0 Å². The molecule has 0 unspecified atom stereocenters. The molecule has 0 fully saturated rings. The predicted molar refractivity (Wildman–Crippen MR) is 84.5 cm³/mol. The van der Waals surface area contributed by atoms with E-state index in [9.17, 15) is 4.79 Å². The molecule has 2 heterocycles. The Morgan fingerprint density at radius 1 is 1.48 bits per heavy atom. The molecule has 0 aliphatic carbocycles. The van der Waals surface area contributed by atoms with Crippen LogP contribution in [0, 0.1) is 12.3 Å². The van der Waals surface area contributed by atoms with Crippen LogP contribution in [0.15, 0.2) is 29.9 Å². The lowest BCUT2D eigenvalue weighted by atomic mass is 10.2. The van der Waals surface area contributed by atoms with Gasteiger partial charge in [0, 0.05) is 37.8 Å². The number of nitrogens with one attached hydrogen (secondary N) is 1. The fourth-order valence-electron chi connectivity index (χ4n) is 1.73. The first-order valence-electron chi connectivity index (χ1n) is 6.48. The molecule has 1 N–H and O–H groups in total. The number of carbonyl (C=O) groups excluding carboxylic acids is 1. The maximum atomic E-state index is 11.7. The van der Waals surface area contributed by atoms with Crippen molar-refractivity contribution in [2.75, 3.05) is 25.0 Å². The third-order valence-electron chi connectivity index (χ3n) is 2.90. The number of rotatable bonds is 6. The standard InChI is InChI=1S/C15H16N4OS/c1-3-7-17-15(20)12-4-5-13(18-11-12)19(2)9-6-14-16-8-10-21-14/h1,4-5,8,10-11H,6-7,9H2,2H3,(H,17,20). The molecule has 21 heavy (non-hydrogen) atoms. The van der Waals surface area contributed by atoms with Crippen LogP contribution in [-0.4, -0.2) is 36.0 Å². The van der Waals surface area contributed by atoms with Crippen molar-refractivity contribution in [1.82, 2.24) is 15.3 Å². The maximum absolute atomic E-state index is 11.7. The molecule has 108 valence electrons. The molecule has 6 heteroatoms. The molecule has 0 saturated heterocycles. The number of amides is 1. The number of aromatic nitrogens is 2. The Kier molecular flexibility index (Phi) is 5.29. The second-order valence-electron chi connectivity index (χ2n) is 4.39. The average molecular weight is 300 g/mol. The second kappa shape index (κ2) is 7.41. The summed E-state index contributed by atoms with van der Waals surface area (Å²) in [5.74, 6) is 2.97. The SMILES string of the molecule is C#CCNC(=O)c1ccc(N(C)CCc2nccs2)nc1. The number of likely N-dealkylation sites (N-methyl/N-ethyl adjacent to an activating group) is 1. The van der Waals surface area contributed by atoms with Crippen molar-refractivity contribution < 1.29 is 4.79 Å². The molecule has 0 atom stereocenters. The minimum Gasteiger partial charge on any atom is -0.359 e. The lowest BCUT2D eigenvalue weighted by Crippen LogP contribution is -2.24. The molecule has 2 aromatic rings. The minimum absolute atomic E-state index is 0.211. The highest BCUT2D eigenvalue weighted by atomic mass is 32.1. The van der Waals surface area contributed by atoms with Gasteiger partial charge in [0.05, 0.1) is 17.1 Å². The largest absolute Gasteiger partial charge is 0.359 e. The Morgan fingerprint density at radius 2 is 2.33 bits per heavy atom. The van der Waals surface area contributed by atoms with Gasteiger partial charge in [-0.05, 0) is 12.1 Å². The Balaban J connectivity index is 1.91. The first kappa shape index (κ1) is 15.0. The van der Waals surface area contributed by atoms with Gasteiger partial charge in [0.15, 0.2) is 0 Å². The van der Waals surface area contributed by atoms with Gasteiger partial charge in [0.25, 0.3) is 5.91 Å². The third kappa shape index (κ3) is 4.29. The van der Waals surface area contributed by atoms with Gasteiger partial charge in [-0.1, -0.05) is 5.92 Å². The fourth-order valence-corrected chi connectivity index (χ4v) is 2.34. The quantitative estimate of drug-likeness (QED) is 0.823. The van der Waals surface area contributed by atoms with Gasteiger partial charge in [-0.15, -0.1) is 17.8 Å². The highest BCUT2D eigenvalue weighted by Crippen LogP contribution is 2.12. The molecular formula is C15H16N4OS. The number of pyridine rings is 1. The van der Waals surface area contributed by atoms with E-state index < -0.39 is 0 Å². The van der Waals surface area contributed by atoms with E-state index >= 15 is 0 Å². The van der Waals surface area contributed by atoms with Crippen LogP contribution >= 0.6 is 11.3 Å². The summed E-state index contributed by atoms with van der Waals surface area (Å²) in [7, 11) is 1.97. The Bertz CT molecular complexity index is 616. The van der Waals surface area contributed by atoms with Crippen LogP contribution in [0.25, 0.3) is 0 Å². The summed E-state index contributed by atoms with van der Waals surface area (Å²) in [6.07, 6.45) is 9.34. The summed E-state index contributed by atoms with van der Waals surface area (Å²) >= 11 is 1.65. The van der Waals surface area contributed by atoms with E-state index in [1.54, 1.807) is 23.6 Å². The minimum atomic E-state index is -0.211. The fraction of sp³-hybridized carbons (Fsp3) is 0.267. The van der Waals surface area contributed by atoms with Crippen LogP contribution in [-0.2, 0) is 6.42 Å². The van der Waals surface area contributed by atoms with E-state index in [2.05, 4.69) is 21.2 Å². The first-order chi connectivity index (χ1) is 10.2. The summed E-state index contributed by atoms with van der Waals surface area (Å²) in [6.45, 7) is 1.04. The van der Waals surface area contributed by atoms with Crippen LogP contribution < -0.4 is 10.2 Å². The molecule has 0 aliphatic rings. The van der Waals surface area contributed by atoms with Crippen LogP contribution in [0.4, 0.5) is 5.82 Å². The van der Waals surface area contributed by atoms with Gasteiger partial charge in [-0.2, -0.15) is 0 Å². The molecule has 0 aliphatic heterocycles. The Labute approximate surface area is 128 Å². The molecule has 2 aromatic heterocycles. The monoisotopic (exact) mass is 300 g/mol. The molecular weight excluding hydrogens is 284 g/mol. The van der Waals surface area contributed by atoms with Crippen LogP contribution in [0.5, 0.6) is 0 Å². The van der Waals surface area contributed by atoms with E-state index in [4.69, 9.17) is 6.42 Å². The number of carbonyl (C=O) groups is 1. The van der Waals surface area contributed by atoms with Crippen molar-refractivity contribution >= 4 is 23.1 Å². The van der Waals surface area contributed by atoms with E-state index in [0.29, 0.717) is 5.56 Å². The topological polar surface area (TPSA) is 58.1 Å². The average Bonchev–Trinajstić information content (AvgIpc) is 3.04. The van der Waals surface area contributed by atoms with Crippen molar-refractivity contribution in [2.45, 2.75) is 6.42 Å². The van der Waals surface area contributed by atoms with Crippen molar-refractivity contribution in [2.24, 2.45) is 0 Å². The van der Waals surface area contributed by atoms with Crippen LogP contribution in [0.3, 0.4) is 0 Å². The van der Waals surface area contributed by atoms with Gasteiger partial charge in [-0.3, -0.25) is 4.79 Å². The van der Waals surface area contributed by atoms with E-state index in [1.807, 2.05) is 29.6 Å². The van der Waals surface area contributed by atoms with E-state index in [1.165, 1.54) is 0 Å². The molecule has 2 rings (SSSR count). The third-order valence-corrected chi connectivity index (χ3v) is 3.74.